The summed E-state index contributed by atoms with van der Waals surface area (Å²) < 4.78 is 15.4. The van der Waals surface area contributed by atoms with Gasteiger partial charge in [-0.15, -0.1) is 0 Å². The summed E-state index contributed by atoms with van der Waals surface area (Å²) in [6, 6.07) is 3.99. The molecule has 176 valence electrons. The van der Waals surface area contributed by atoms with E-state index in [1.54, 1.807) is 6.92 Å². The smallest absolute Gasteiger partial charge is 0.293 e. The van der Waals surface area contributed by atoms with E-state index in [1.807, 2.05) is 4.57 Å². The Labute approximate surface area is 203 Å². The molecule has 5 rings (SSSR count). The fourth-order valence-corrected chi connectivity index (χ4v) is 5.57. The molecule has 1 aromatic carbocycles. The number of aromatic nitrogens is 1. The van der Waals surface area contributed by atoms with Gasteiger partial charge in [0.15, 0.2) is 0 Å². The van der Waals surface area contributed by atoms with Gasteiger partial charge < -0.3 is 20.6 Å². The monoisotopic (exact) mass is 501 g/mol. The van der Waals surface area contributed by atoms with Gasteiger partial charge in [-0.05, 0) is 62.3 Å². The lowest BCUT2D eigenvalue weighted by Gasteiger charge is -2.16. The second-order valence-corrected chi connectivity index (χ2v) is 10.2. The summed E-state index contributed by atoms with van der Waals surface area (Å²) in [5, 5.41) is 20.7. The summed E-state index contributed by atoms with van der Waals surface area (Å²) in [5.74, 6) is -2.27. The van der Waals surface area contributed by atoms with Crippen LogP contribution < -0.4 is 10.6 Å². The van der Waals surface area contributed by atoms with Crippen LogP contribution in [0.25, 0.3) is 0 Å². The molecule has 0 radical (unpaired) electrons. The van der Waals surface area contributed by atoms with Crippen LogP contribution in [-0.2, 0) is 11.2 Å². The number of Topliss-reactive ketones (excluding diaryl/α,β-unsaturated/α-hetero) is 1. The number of halogens is 2. The molecular formula is C23H21ClFN5O3S. The fourth-order valence-electron chi connectivity index (χ4n) is 4.79. The summed E-state index contributed by atoms with van der Waals surface area (Å²) in [7, 11) is 0. The molecule has 0 spiro atoms. The number of thioether (sulfide) groups is 1. The van der Waals surface area contributed by atoms with Gasteiger partial charge in [0.1, 0.15) is 11.5 Å². The van der Waals surface area contributed by atoms with Gasteiger partial charge in [0.05, 0.1) is 26.7 Å². The number of rotatable bonds is 7. The van der Waals surface area contributed by atoms with Crippen molar-refractivity contribution in [2.75, 3.05) is 5.32 Å². The molecule has 2 amide bonds. The Morgan fingerprint density at radius 3 is 2.71 bits per heavy atom. The normalized spacial score (nSPS) is 20.7. The largest absolute Gasteiger partial charge is 0.338 e. The molecule has 2 fully saturated rings. The number of carbonyl (C=O) groups is 3. The van der Waals surface area contributed by atoms with E-state index < -0.39 is 29.0 Å². The van der Waals surface area contributed by atoms with Crippen molar-refractivity contribution in [2.24, 2.45) is 5.92 Å². The number of fused-ring (bicyclic) bond motifs is 3. The topological polar surface area (TPSA) is 128 Å². The molecule has 2 heterocycles. The lowest BCUT2D eigenvalue weighted by Crippen LogP contribution is -2.45. The van der Waals surface area contributed by atoms with E-state index in [0.717, 1.165) is 29.8 Å². The van der Waals surface area contributed by atoms with Crippen molar-refractivity contribution in [3.8, 4) is 0 Å². The van der Waals surface area contributed by atoms with E-state index in [9.17, 15) is 18.8 Å². The number of ketones is 1. The van der Waals surface area contributed by atoms with Gasteiger partial charge in [0, 0.05) is 17.4 Å². The summed E-state index contributed by atoms with van der Waals surface area (Å²) >= 11 is 6.73. The number of amides is 2. The van der Waals surface area contributed by atoms with E-state index in [-0.39, 0.29) is 21.7 Å². The van der Waals surface area contributed by atoms with Crippen LogP contribution in [0.1, 0.15) is 57.4 Å². The molecule has 4 N–H and O–H groups in total. The maximum Gasteiger partial charge on any atom is 0.293 e. The Balaban J connectivity index is 1.44. The van der Waals surface area contributed by atoms with E-state index in [0.29, 0.717) is 47.8 Å². The zero-order chi connectivity index (χ0) is 24.4. The van der Waals surface area contributed by atoms with Crippen molar-refractivity contribution in [3.63, 3.8) is 0 Å². The zero-order valence-corrected chi connectivity index (χ0v) is 19.7. The third-order valence-electron chi connectivity index (χ3n) is 6.76. The number of nitrogens with zero attached hydrogens (tertiary/aromatic N) is 1. The molecule has 2 aromatic rings. The minimum atomic E-state index is -0.893. The van der Waals surface area contributed by atoms with Crippen molar-refractivity contribution in [1.82, 2.24) is 9.88 Å². The molecule has 34 heavy (non-hydrogen) atoms. The molecule has 0 bridgehead atoms. The van der Waals surface area contributed by atoms with Crippen LogP contribution in [0.5, 0.6) is 0 Å². The Morgan fingerprint density at radius 1 is 1.32 bits per heavy atom. The quantitative estimate of drug-likeness (QED) is 0.197. The lowest BCUT2D eigenvalue weighted by atomic mass is 10.0. The van der Waals surface area contributed by atoms with Crippen LogP contribution in [0.2, 0.25) is 5.02 Å². The maximum absolute atomic E-state index is 13.5. The average molecular weight is 502 g/mol. The molecule has 2 unspecified atom stereocenters. The van der Waals surface area contributed by atoms with Gasteiger partial charge in [-0.2, -0.15) is 0 Å². The maximum atomic E-state index is 13.5. The lowest BCUT2D eigenvalue weighted by molar-refractivity contribution is -0.117. The number of hydrogen-bond donors (Lipinski definition) is 4. The van der Waals surface area contributed by atoms with Crippen LogP contribution in [0, 0.1) is 29.5 Å². The first-order valence-corrected chi connectivity index (χ1v) is 12.0. The van der Waals surface area contributed by atoms with E-state index >= 15 is 0 Å². The highest BCUT2D eigenvalue weighted by atomic mass is 35.5. The third kappa shape index (κ3) is 3.65. The van der Waals surface area contributed by atoms with Crippen molar-refractivity contribution in [2.45, 2.75) is 44.2 Å². The molecule has 8 nitrogen and oxygen atoms in total. The Kier molecular flexibility index (Phi) is 5.40. The minimum absolute atomic E-state index is 0.114. The summed E-state index contributed by atoms with van der Waals surface area (Å²) in [5.41, 5.74) is 2.08. The SMILES string of the molecule is Cc1c(C(=O)C(=O)NC2(C(=N)SC=N)CC2)c2n(c1C(=O)Nc1ccc(F)c(Cl)c1)C1CC1C2. The number of benzene rings is 1. The highest BCUT2D eigenvalue weighted by Gasteiger charge is 2.52. The Morgan fingerprint density at radius 2 is 2.06 bits per heavy atom. The average Bonchev–Trinajstić information content (AvgIpc) is 3.68. The second-order valence-electron chi connectivity index (χ2n) is 8.95. The standard InChI is InChI=1S/C23H21ClFN5O3S/c1-10-17(19(31)21(33)29-23(4-5-23)22(27)34-9-26)16-7-11-6-15(11)30(16)18(10)20(32)28-12-2-3-14(25)13(24)8-12/h2-3,8-9,11,15,26-27H,4-7H2,1H3,(H,28,32)(H,29,33). The summed E-state index contributed by atoms with van der Waals surface area (Å²) in [6.45, 7) is 1.65. The van der Waals surface area contributed by atoms with Gasteiger partial charge in [-0.1, -0.05) is 23.4 Å². The van der Waals surface area contributed by atoms with Crippen LogP contribution in [0.15, 0.2) is 18.2 Å². The third-order valence-corrected chi connectivity index (χ3v) is 7.80. The molecule has 1 aromatic heterocycles. The first-order valence-electron chi connectivity index (χ1n) is 10.8. The van der Waals surface area contributed by atoms with Gasteiger partial charge >= 0.3 is 0 Å². The van der Waals surface area contributed by atoms with Crippen molar-refractivity contribution >= 4 is 57.2 Å². The predicted octanol–water partition coefficient (Wildman–Crippen LogP) is 4.11. The minimum Gasteiger partial charge on any atom is -0.338 e. The predicted molar refractivity (Wildman–Crippen MR) is 128 cm³/mol. The molecule has 2 saturated carbocycles. The highest BCUT2D eigenvalue weighted by molar-refractivity contribution is 8.25. The van der Waals surface area contributed by atoms with Gasteiger partial charge in [-0.3, -0.25) is 19.8 Å². The summed E-state index contributed by atoms with van der Waals surface area (Å²) in [6.07, 6.45) is 2.60. The Bertz CT molecular complexity index is 1300. The van der Waals surface area contributed by atoms with E-state index in [2.05, 4.69) is 10.6 Å². The van der Waals surface area contributed by atoms with Crippen molar-refractivity contribution in [3.05, 3.63) is 51.6 Å². The highest BCUT2D eigenvalue weighted by Crippen LogP contribution is 2.54. The number of anilines is 1. The molecule has 1 aliphatic heterocycles. The molecule has 2 aliphatic carbocycles. The molecular weight excluding hydrogens is 481 g/mol. The van der Waals surface area contributed by atoms with Crippen LogP contribution >= 0.6 is 23.4 Å². The van der Waals surface area contributed by atoms with Crippen LogP contribution in [-0.4, -0.2) is 38.3 Å². The van der Waals surface area contributed by atoms with Crippen molar-refractivity contribution < 1.29 is 18.8 Å². The zero-order valence-electron chi connectivity index (χ0n) is 18.1. The molecule has 3 aliphatic rings. The molecule has 11 heteroatoms. The first-order chi connectivity index (χ1) is 16.2. The number of carbonyl (C=O) groups excluding carboxylic acids is 3. The van der Waals surface area contributed by atoms with E-state index in [4.69, 9.17) is 22.4 Å². The van der Waals surface area contributed by atoms with Crippen molar-refractivity contribution in [1.29, 1.82) is 10.8 Å². The van der Waals surface area contributed by atoms with Gasteiger partial charge in [-0.25, -0.2) is 4.39 Å². The number of nitrogens with one attached hydrogen (secondary N) is 4. The first kappa shape index (κ1) is 22.8. The Hall–Kier alpha value is -2.98. The second kappa shape index (κ2) is 8.06. The van der Waals surface area contributed by atoms with Crippen LogP contribution in [0.3, 0.4) is 0 Å². The molecule has 2 atom stereocenters. The fraction of sp³-hybridized carbons (Fsp3) is 0.348. The van der Waals surface area contributed by atoms with Crippen LogP contribution in [0.4, 0.5) is 10.1 Å². The number of hydrogen-bond acceptors (Lipinski definition) is 6. The van der Waals surface area contributed by atoms with E-state index in [1.165, 1.54) is 12.1 Å². The van der Waals surface area contributed by atoms with Gasteiger partial charge in [0.25, 0.3) is 17.6 Å². The molecule has 0 saturated heterocycles. The summed E-state index contributed by atoms with van der Waals surface area (Å²) in [4.78, 5) is 39.4. The van der Waals surface area contributed by atoms with Gasteiger partial charge in [0.2, 0.25) is 0 Å².